The van der Waals surface area contributed by atoms with Gasteiger partial charge in [0.1, 0.15) is 11.9 Å². The molecule has 5 nitrogen and oxygen atoms in total. The minimum Gasteiger partial charge on any atom is -0.387 e. The van der Waals surface area contributed by atoms with Gasteiger partial charge in [-0.2, -0.15) is 0 Å². The largest absolute Gasteiger partial charge is 0.387 e. The van der Waals surface area contributed by atoms with E-state index < -0.39 is 11.8 Å². The van der Waals surface area contributed by atoms with Crippen LogP contribution in [0.1, 0.15) is 35.5 Å². The summed E-state index contributed by atoms with van der Waals surface area (Å²) in [5.41, 5.74) is 1.44. The third-order valence-corrected chi connectivity index (χ3v) is 6.09. The molecule has 1 unspecified atom stereocenters. The van der Waals surface area contributed by atoms with Crippen LogP contribution in [0.4, 0.5) is 10.1 Å². The van der Waals surface area contributed by atoms with Crippen molar-refractivity contribution in [2.45, 2.75) is 38.6 Å². The molecule has 1 aromatic heterocycles. The first-order valence-electron chi connectivity index (χ1n) is 8.97. The third kappa shape index (κ3) is 4.89. The average molecular weight is 471 g/mol. The van der Waals surface area contributed by atoms with Crippen molar-refractivity contribution in [2.24, 2.45) is 0 Å². The Hall–Kier alpha value is -1.54. The molecule has 2 heterocycles. The number of pyridine rings is 1. The van der Waals surface area contributed by atoms with E-state index in [9.17, 15) is 14.3 Å². The van der Waals surface area contributed by atoms with Gasteiger partial charge in [-0.15, -0.1) is 0 Å². The van der Waals surface area contributed by atoms with E-state index in [4.69, 9.17) is 11.6 Å². The number of amides is 1. The van der Waals surface area contributed by atoms with Crippen molar-refractivity contribution in [3.8, 4) is 0 Å². The standard InChI is InChI=1S/C20H22BrClFN3O2/c1-20(2,28)17(23)11-26-7-6-12-8-16(24-9-13(12)10-26)19(27)25-15-5-3-4-14(21)18(15)22/h3-5,8-9,17,28H,6-7,10-11H2,1-2H3,(H,25,27). The molecule has 150 valence electrons. The van der Waals surface area contributed by atoms with Crippen LogP contribution in [-0.2, 0) is 13.0 Å². The summed E-state index contributed by atoms with van der Waals surface area (Å²) < 4.78 is 14.8. The Morgan fingerprint density at radius 2 is 2.21 bits per heavy atom. The predicted molar refractivity (Wildman–Crippen MR) is 112 cm³/mol. The molecule has 2 N–H and O–H groups in total. The van der Waals surface area contributed by atoms with Gasteiger partial charge >= 0.3 is 0 Å². The number of carbonyl (C=O) groups is 1. The lowest BCUT2D eigenvalue weighted by molar-refractivity contribution is -0.0202. The molecule has 0 saturated carbocycles. The van der Waals surface area contributed by atoms with Gasteiger partial charge in [-0.05, 0) is 65.5 Å². The molecule has 1 atom stereocenters. The Morgan fingerprint density at radius 3 is 2.93 bits per heavy atom. The zero-order valence-electron chi connectivity index (χ0n) is 15.7. The molecule has 0 aliphatic carbocycles. The fraction of sp³-hybridized carbons (Fsp3) is 0.400. The number of alkyl halides is 1. The van der Waals surface area contributed by atoms with E-state index in [1.165, 1.54) is 13.8 Å². The van der Waals surface area contributed by atoms with Crippen molar-refractivity contribution in [3.63, 3.8) is 0 Å². The fourth-order valence-electron chi connectivity index (χ4n) is 3.02. The highest BCUT2D eigenvalue weighted by molar-refractivity contribution is 9.10. The summed E-state index contributed by atoms with van der Waals surface area (Å²) in [6.45, 7) is 4.30. The highest BCUT2D eigenvalue weighted by Crippen LogP contribution is 2.30. The maximum Gasteiger partial charge on any atom is 0.274 e. The number of carbonyl (C=O) groups excluding carboxylic acids is 1. The summed E-state index contributed by atoms with van der Waals surface area (Å²) in [4.78, 5) is 18.8. The highest BCUT2D eigenvalue weighted by atomic mass is 79.9. The van der Waals surface area contributed by atoms with Gasteiger partial charge in [-0.1, -0.05) is 17.7 Å². The van der Waals surface area contributed by atoms with Crippen molar-refractivity contribution >= 4 is 39.1 Å². The number of fused-ring (bicyclic) bond motifs is 1. The number of rotatable bonds is 5. The lowest BCUT2D eigenvalue weighted by Crippen LogP contribution is -2.44. The molecule has 8 heteroatoms. The van der Waals surface area contributed by atoms with E-state index in [2.05, 4.69) is 26.2 Å². The van der Waals surface area contributed by atoms with Crippen molar-refractivity contribution in [2.75, 3.05) is 18.4 Å². The molecule has 0 radical (unpaired) electrons. The van der Waals surface area contributed by atoms with Crippen molar-refractivity contribution in [1.82, 2.24) is 9.88 Å². The van der Waals surface area contributed by atoms with Crippen LogP contribution in [-0.4, -0.2) is 45.8 Å². The van der Waals surface area contributed by atoms with Crippen LogP contribution >= 0.6 is 27.5 Å². The molecule has 1 aliphatic heterocycles. The van der Waals surface area contributed by atoms with Crippen molar-refractivity contribution in [3.05, 3.63) is 56.8 Å². The molecule has 0 bridgehead atoms. The molecule has 3 rings (SSSR count). The number of aliphatic hydroxyl groups is 1. The summed E-state index contributed by atoms with van der Waals surface area (Å²) in [5, 5.41) is 13.0. The molecular formula is C20H22BrClFN3O2. The van der Waals surface area contributed by atoms with E-state index in [-0.39, 0.29) is 12.5 Å². The van der Waals surface area contributed by atoms with Gasteiger partial charge in [0.05, 0.1) is 16.3 Å². The summed E-state index contributed by atoms with van der Waals surface area (Å²) in [5.74, 6) is -0.337. The topological polar surface area (TPSA) is 65.5 Å². The minimum absolute atomic E-state index is 0.159. The second-order valence-corrected chi connectivity index (χ2v) is 8.73. The molecule has 0 spiro atoms. The SMILES string of the molecule is CC(C)(O)C(F)CN1CCc2cc(C(=O)Nc3cccc(Br)c3Cl)ncc2C1. The monoisotopic (exact) mass is 469 g/mol. The number of hydrogen-bond acceptors (Lipinski definition) is 4. The maximum absolute atomic E-state index is 14.1. The first-order valence-corrected chi connectivity index (χ1v) is 10.1. The molecule has 2 aromatic rings. The maximum atomic E-state index is 14.1. The van der Waals surface area contributed by atoms with E-state index >= 15 is 0 Å². The van der Waals surface area contributed by atoms with Crippen LogP contribution in [0.2, 0.25) is 5.02 Å². The van der Waals surface area contributed by atoms with Crippen LogP contribution < -0.4 is 5.32 Å². The van der Waals surface area contributed by atoms with Crippen LogP contribution in [0.25, 0.3) is 0 Å². The summed E-state index contributed by atoms with van der Waals surface area (Å²) >= 11 is 9.52. The van der Waals surface area contributed by atoms with Gasteiger partial charge in [0.2, 0.25) is 0 Å². The predicted octanol–water partition coefficient (Wildman–Crippen LogP) is 4.22. The Bertz CT molecular complexity index is 888. The summed E-state index contributed by atoms with van der Waals surface area (Å²) in [7, 11) is 0. The highest BCUT2D eigenvalue weighted by Gasteiger charge is 2.30. The van der Waals surface area contributed by atoms with E-state index in [0.717, 1.165) is 11.1 Å². The smallest absolute Gasteiger partial charge is 0.274 e. The molecule has 1 aromatic carbocycles. The Balaban J connectivity index is 1.69. The Morgan fingerprint density at radius 1 is 1.46 bits per heavy atom. The quantitative estimate of drug-likeness (QED) is 0.687. The van der Waals surface area contributed by atoms with Crippen LogP contribution in [0.5, 0.6) is 0 Å². The summed E-state index contributed by atoms with van der Waals surface area (Å²) in [6.07, 6.45) is 1.02. The first-order chi connectivity index (χ1) is 13.1. The van der Waals surface area contributed by atoms with Crippen molar-refractivity contribution < 1.29 is 14.3 Å². The lowest BCUT2D eigenvalue weighted by atomic mass is 9.98. The van der Waals surface area contributed by atoms with Crippen LogP contribution in [0, 0.1) is 0 Å². The number of aromatic nitrogens is 1. The van der Waals surface area contributed by atoms with Gasteiger partial charge in [0.25, 0.3) is 5.91 Å². The first kappa shape index (κ1) is 21.2. The molecule has 28 heavy (non-hydrogen) atoms. The lowest BCUT2D eigenvalue weighted by Gasteiger charge is -2.32. The Labute approximate surface area is 177 Å². The normalized spacial score (nSPS) is 15.8. The zero-order chi connectivity index (χ0) is 20.5. The second kappa shape index (κ2) is 8.45. The minimum atomic E-state index is -1.37. The van der Waals surface area contributed by atoms with Gasteiger partial charge < -0.3 is 10.4 Å². The number of nitrogens with one attached hydrogen (secondary N) is 1. The number of hydrogen-bond donors (Lipinski definition) is 2. The zero-order valence-corrected chi connectivity index (χ0v) is 18.0. The van der Waals surface area contributed by atoms with Gasteiger partial charge in [0, 0.05) is 30.3 Å². The average Bonchev–Trinajstić information content (AvgIpc) is 2.64. The Kier molecular flexibility index (Phi) is 6.39. The third-order valence-electron chi connectivity index (χ3n) is 4.79. The van der Waals surface area contributed by atoms with Crippen LogP contribution in [0.15, 0.2) is 34.9 Å². The number of benzene rings is 1. The van der Waals surface area contributed by atoms with Crippen molar-refractivity contribution in [1.29, 1.82) is 0 Å². The number of nitrogens with zero attached hydrogens (tertiary/aromatic N) is 2. The van der Waals surface area contributed by atoms with Gasteiger partial charge in [-0.25, -0.2) is 4.39 Å². The second-order valence-electron chi connectivity index (χ2n) is 7.50. The molecule has 1 aliphatic rings. The van der Waals surface area contributed by atoms with E-state index in [1.807, 2.05) is 4.90 Å². The van der Waals surface area contributed by atoms with Gasteiger partial charge in [0.15, 0.2) is 0 Å². The van der Waals surface area contributed by atoms with Crippen LogP contribution in [0.3, 0.4) is 0 Å². The molecular weight excluding hydrogens is 449 g/mol. The van der Waals surface area contributed by atoms with E-state index in [1.54, 1.807) is 30.5 Å². The van der Waals surface area contributed by atoms with Gasteiger partial charge in [-0.3, -0.25) is 14.7 Å². The van der Waals surface area contributed by atoms with E-state index in [0.29, 0.717) is 40.4 Å². The summed E-state index contributed by atoms with van der Waals surface area (Å²) in [6, 6.07) is 7.07. The molecule has 0 saturated heterocycles. The molecule has 1 amide bonds. The number of anilines is 1. The number of halogens is 3. The fourth-order valence-corrected chi connectivity index (χ4v) is 3.56. The molecule has 0 fully saturated rings.